The molecule has 2 saturated heterocycles. The van der Waals surface area contributed by atoms with Crippen molar-refractivity contribution in [2.24, 2.45) is 0 Å². The van der Waals surface area contributed by atoms with E-state index in [4.69, 9.17) is 9.47 Å². The summed E-state index contributed by atoms with van der Waals surface area (Å²) in [6, 6.07) is 13.8. The largest absolute Gasteiger partial charge is 0.494 e. The Kier molecular flexibility index (Phi) is 5.79. The van der Waals surface area contributed by atoms with E-state index in [-0.39, 0.29) is 24.1 Å². The van der Waals surface area contributed by atoms with E-state index >= 15 is 0 Å². The van der Waals surface area contributed by atoms with Crippen LogP contribution >= 0.6 is 0 Å². The number of rotatable bonds is 7. The highest BCUT2D eigenvalue weighted by atomic mass is 16.5. The van der Waals surface area contributed by atoms with Gasteiger partial charge in [0.15, 0.2) is 0 Å². The number of hydrogen-bond donors (Lipinski definition) is 0. The topological polar surface area (TPSA) is 51.7 Å². The summed E-state index contributed by atoms with van der Waals surface area (Å²) in [6.45, 7) is 2.86. The van der Waals surface area contributed by atoms with Gasteiger partial charge < -0.3 is 14.4 Å². The van der Waals surface area contributed by atoms with Gasteiger partial charge in [0.05, 0.1) is 6.61 Å². The van der Waals surface area contributed by atoms with Crippen LogP contribution in [0.1, 0.15) is 55.8 Å². The molecule has 4 rings (SSSR count). The molecule has 1 aromatic carbocycles. The number of pyridine rings is 1. The smallest absolute Gasteiger partial charge is 0.254 e. The second-order valence-electron chi connectivity index (χ2n) is 7.70. The van der Waals surface area contributed by atoms with Crippen LogP contribution in [0.2, 0.25) is 0 Å². The Morgan fingerprint density at radius 1 is 1.11 bits per heavy atom. The summed E-state index contributed by atoms with van der Waals surface area (Å²) in [6.07, 6.45) is 7.88. The van der Waals surface area contributed by atoms with E-state index in [1.165, 1.54) is 0 Å². The fourth-order valence-corrected chi connectivity index (χ4v) is 4.32. The van der Waals surface area contributed by atoms with E-state index in [0.717, 1.165) is 56.4 Å². The quantitative estimate of drug-likeness (QED) is 0.665. The molecule has 0 spiro atoms. The van der Waals surface area contributed by atoms with Gasteiger partial charge in [-0.25, -0.2) is 4.98 Å². The van der Waals surface area contributed by atoms with Crippen molar-refractivity contribution in [3.63, 3.8) is 0 Å². The first-order chi connectivity index (χ1) is 13.7. The van der Waals surface area contributed by atoms with E-state index in [2.05, 4.69) is 16.8 Å². The molecule has 2 atom stereocenters. The molecule has 2 aromatic rings. The first kappa shape index (κ1) is 18.8. The molecule has 1 aromatic heterocycles. The van der Waals surface area contributed by atoms with Crippen LogP contribution in [-0.4, -0.2) is 40.6 Å². The molecule has 0 radical (unpaired) electrons. The van der Waals surface area contributed by atoms with Gasteiger partial charge >= 0.3 is 0 Å². The third-order valence-electron chi connectivity index (χ3n) is 5.72. The van der Waals surface area contributed by atoms with Crippen LogP contribution in [0.4, 0.5) is 0 Å². The van der Waals surface area contributed by atoms with Crippen molar-refractivity contribution >= 4 is 5.91 Å². The predicted octanol–water partition coefficient (Wildman–Crippen LogP) is 4.48. The summed E-state index contributed by atoms with van der Waals surface area (Å²) < 4.78 is 11.8. The molecule has 0 saturated carbocycles. The van der Waals surface area contributed by atoms with E-state index in [1.54, 1.807) is 6.20 Å². The predicted molar refractivity (Wildman–Crippen MR) is 108 cm³/mol. The van der Waals surface area contributed by atoms with E-state index < -0.39 is 0 Å². The average molecular weight is 380 g/mol. The molecule has 3 heterocycles. The molecule has 0 N–H and O–H groups in total. The van der Waals surface area contributed by atoms with Crippen LogP contribution in [0.3, 0.4) is 0 Å². The second-order valence-corrected chi connectivity index (χ2v) is 7.70. The van der Waals surface area contributed by atoms with Gasteiger partial charge in [0.1, 0.15) is 11.9 Å². The van der Waals surface area contributed by atoms with Crippen molar-refractivity contribution in [3.05, 3.63) is 54.2 Å². The number of ether oxygens (including phenoxy) is 2. The molecule has 2 unspecified atom stereocenters. The lowest BCUT2D eigenvalue weighted by Gasteiger charge is -2.38. The van der Waals surface area contributed by atoms with Crippen LogP contribution in [0.5, 0.6) is 11.6 Å². The zero-order chi connectivity index (χ0) is 19.3. The summed E-state index contributed by atoms with van der Waals surface area (Å²) in [7, 11) is 0. The van der Waals surface area contributed by atoms with Gasteiger partial charge in [-0.15, -0.1) is 0 Å². The molecule has 1 amide bonds. The third-order valence-corrected chi connectivity index (χ3v) is 5.72. The van der Waals surface area contributed by atoms with Crippen molar-refractivity contribution in [3.8, 4) is 11.6 Å². The van der Waals surface area contributed by atoms with Crippen molar-refractivity contribution in [2.75, 3.05) is 6.61 Å². The minimum Gasteiger partial charge on any atom is -0.494 e. The second kappa shape index (κ2) is 8.63. The zero-order valence-electron chi connectivity index (χ0n) is 16.4. The van der Waals surface area contributed by atoms with Crippen LogP contribution < -0.4 is 9.47 Å². The number of amides is 1. The van der Waals surface area contributed by atoms with E-state index in [1.807, 2.05) is 42.5 Å². The highest BCUT2D eigenvalue weighted by molar-refractivity contribution is 5.95. The lowest BCUT2D eigenvalue weighted by molar-refractivity contribution is 0.0348. The molecule has 2 aliphatic rings. The molecule has 2 aliphatic heterocycles. The fourth-order valence-electron chi connectivity index (χ4n) is 4.32. The maximum Gasteiger partial charge on any atom is 0.254 e. The summed E-state index contributed by atoms with van der Waals surface area (Å²) in [4.78, 5) is 19.5. The first-order valence-electron chi connectivity index (χ1n) is 10.4. The molecule has 148 valence electrons. The maximum absolute atomic E-state index is 13.1. The van der Waals surface area contributed by atoms with Crippen molar-refractivity contribution < 1.29 is 14.3 Å². The van der Waals surface area contributed by atoms with Crippen molar-refractivity contribution in [2.45, 2.75) is 63.6 Å². The maximum atomic E-state index is 13.1. The normalized spacial score (nSPS) is 23.5. The third kappa shape index (κ3) is 4.13. The Bertz CT molecular complexity index is 764. The average Bonchev–Trinajstić information content (AvgIpc) is 2.99. The van der Waals surface area contributed by atoms with Crippen molar-refractivity contribution in [1.29, 1.82) is 0 Å². The SMILES string of the molecule is CCCCOc1ccc(C(=O)N2C3CCC2CC(Oc2ccccn2)C3)cc1. The molecule has 0 aliphatic carbocycles. The number of carbonyl (C=O) groups is 1. The Morgan fingerprint density at radius 3 is 2.50 bits per heavy atom. The fraction of sp³-hybridized carbons (Fsp3) is 0.478. The molecular formula is C23H28N2O3. The van der Waals surface area contributed by atoms with Gasteiger partial charge in [0.25, 0.3) is 5.91 Å². The Hall–Kier alpha value is -2.56. The first-order valence-corrected chi connectivity index (χ1v) is 10.4. The molecule has 2 fully saturated rings. The number of aromatic nitrogens is 1. The van der Waals surface area contributed by atoms with Gasteiger partial charge in [-0.3, -0.25) is 4.79 Å². The molecule has 5 nitrogen and oxygen atoms in total. The van der Waals surface area contributed by atoms with E-state index in [0.29, 0.717) is 5.88 Å². The van der Waals surface area contributed by atoms with Gasteiger partial charge in [-0.05, 0) is 49.6 Å². The number of carbonyl (C=O) groups excluding carboxylic acids is 1. The summed E-state index contributed by atoms with van der Waals surface area (Å²) in [5, 5.41) is 0. The van der Waals surface area contributed by atoms with Gasteiger partial charge in [-0.2, -0.15) is 0 Å². The number of hydrogen-bond acceptors (Lipinski definition) is 4. The van der Waals surface area contributed by atoms with E-state index in [9.17, 15) is 4.79 Å². The highest BCUT2D eigenvalue weighted by Crippen LogP contribution is 2.38. The molecular weight excluding hydrogens is 352 g/mol. The van der Waals surface area contributed by atoms with Gasteiger partial charge in [0, 0.05) is 42.8 Å². The molecule has 2 bridgehead atoms. The van der Waals surface area contributed by atoms with Crippen LogP contribution in [0, 0.1) is 0 Å². The Morgan fingerprint density at radius 2 is 1.86 bits per heavy atom. The lowest BCUT2D eigenvalue weighted by atomic mass is 9.98. The minimum absolute atomic E-state index is 0.129. The monoisotopic (exact) mass is 380 g/mol. The Balaban J connectivity index is 1.38. The van der Waals surface area contributed by atoms with Gasteiger partial charge in [-0.1, -0.05) is 19.4 Å². The zero-order valence-corrected chi connectivity index (χ0v) is 16.4. The standard InChI is InChI=1S/C23H28N2O3/c1-2-3-14-27-20-11-7-17(8-12-20)23(26)25-18-9-10-19(25)16-21(15-18)28-22-6-4-5-13-24-22/h4-8,11-13,18-19,21H,2-3,9-10,14-16H2,1H3. The summed E-state index contributed by atoms with van der Waals surface area (Å²) in [5.74, 6) is 1.63. The van der Waals surface area contributed by atoms with Crippen molar-refractivity contribution in [1.82, 2.24) is 9.88 Å². The molecule has 28 heavy (non-hydrogen) atoms. The number of fused-ring (bicyclic) bond motifs is 2. The number of nitrogens with zero attached hydrogens (tertiary/aromatic N) is 2. The number of benzene rings is 1. The Labute approximate surface area is 166 Å². The summed E-state index contributed by atoms with van der Waals surface area (Å²) >= 11 is 0. The summed E-state index contributed by atoms with van der Waals surface area (Å²) in [5.41, 5.74) is 0.740. The van der Waals surface area contributed by atoms with Crippen LogP contribution in [-0.2, 0) is 0 Å². The molecule has 5 heteroatoms. The van der Waals surface area contributed by atoms with Gasteiger partial charge in [0.2, 0.25) is 5.88 Å². The van der Waals surface area contributed by atoms with Crippen LogP contribution in [0.15, 0.2) is 48.7 Å². The number of unbranched alkanes of at least 4 members (excludes halogenated alkanes) is 1. The lowest BCUT2D eigenvalue weighted by Crippen LogP contribution is -2.49. The highest BCUT2D eigenvalue weighted by Gasteiger charge is 2.44. The number of piperidine rings is 1. The minimum atomic E-state index is 0.129. The van der Waals surface area contributed by atoms with Crippen LogP contribution in [0.25, 0.3) is 0 Å².